The molecule has 2 unspecified atom stereocenters. The van der Waals surface area contributed by atoms with Crippen LogP contribution in [0.2, 0.25) is 0 Å². The summed E-state index contributed by atoms with van der Waals surface area (Å²) in [5.74, 6) is 0.266. The molecule has 38 heavy (non-hydrogen) atoms. The second-order valence-electron chi connectivity index (χ2n) is 8.98. The van der Waals surface area contributed by atoms with Crippen LogP contribution in [-0.4, -0.2) is 68.7 Å². The first kappa shape index (κ1) is 26.1. The average Bonchev–Trinajstić information content (AvgIpc) is 3.52. The number of morpholine rings is 1. The highest BCUT2D eigenvalue weighted by Gasteiger charge is 2.29. The van der Waals surface area contributed by atoms with Crippen molar-refractivity contribution < 1.29 is 23.0 Å². The molecule has 1 fully saturated rings. The van der Waals surface area contributed by atoms with Gasteiger partial charge in [-0.05, 0) is 47.9 Å². The van der Waals surface area contributed by atoms with Crippen molar-refractivity contribution in [3.8, 4) is 11.1 Å². The summed E-state index contributed by atoms with van der Waals surface area (Å²) in [6, 6.07) is 11.6. The number of benzene rings is 2. The molecule has 2 aromatic carbocycles. The van der Waals surface area contributed by atoms with Crippen LogP contribution >= 0.6 is 11.3 Å². The van der Waals surface area contributed by atoms with Crippen molar-refractivity contribution in [1.82, 2.24) is 25.4 Å². The van der Waals surface area contributed by atoms with Crippen molar-refractivity contribution in [2.75, 3.05) is 32.6 Å². The summed E-state index contributed by atoms with van der Waals surface area (Å²) in [6.45, 7) is 6.03. The summed E-state index contributed by atoms with van der Waals surface area (Å²) < 4.78 is 24.1. The van der Waals surface area contributed by atoms with Crippen LogP contribution in [0, 0.1) is 13.8 Å². The number of hydrogen-bond donors (Lipinski definition) is 1. The minimum Gasteiger partial charge on any atom is -0.424 e. The van der Waals surface area contributed by atoms with E-state index in [9.17, 15) is 13.8 Å². The molecule has 1 N–H and O–H groups in total. The summed E-state index contributed by atoms with van der Waals surface area (Å²) in [5.41, 5.74) is 4.36. The van der Waals surface area contributed by atoms with Gasteiger partial charge in [0.15, 0.2) is 5.25 Å². The number of fused-ring (bicyclic) bond motifs is 1. The van der Waals surface area contributed by atoms with E-state index in [1.807, 2.05) is 48.2 Å². The highest BCUT2D eigenvalue weighted by molar-refractivity contribution is 7.85. The normalized spacial score (nSPS) is 15.4. The van der Waals surface area contributed by atoms with Crippen molar-refractivity contribution >= 4 is 44.2 Å². The molecule has 4 aromatic rings. The number of carbonyl (C=O) groups is 2. The number of rotatable bonds is 7. The third-order valence-electron chi connectivity index (χ3n) is 6.27. The van der Waals surface area contributed by atoms with Crippen LogP contribution < -0.4 is 5.32 Å². The van der Waals surface area contributed by atoms with Crippen molar-refractivity contribution in [3.63, 3.8) is 0 Å². The van der Waals surface area contributed by atoms with Crippen LogP contribution in [0.4, 0.5) is 0 Å². The molecular formula is C26H27N5O5S2. The van der Waals surface area contributed by atoms with Crippen LogP contribution in [0.25, 0.3) is 21.3 Å². The number of amides is 2. The van der Waals surface area contributed by atoms with Crippen LogP contribution in [0.15, 0.2) is 40.8 Å². The van der Waals surface area contributed by atoms with Crippen LogP contribution in [0.5, 0.6) is 0 Å². The highest BCUT2D eigenvalue weighted by Crippen LogP contribution is 2.35. The minimum absolute atomic E-state index is 0.00485. The Kier molecular flexibility index (Phi) is 7.63. The Bertz CT molecular complexity index is 1510. The molecule has 198 valence electrons. The molecule has 1 aliphatic rings. The van der Waals surface area contributed by atoms with Crippen molar-refractivity contribution in [2.24, 2.45) is 0 Å². The number of ether oxygens (including phenoxy) is 1. The van der Waals surface area contributed by atoms with Gasteiger partial charge in [-0.2, -0.15) is 0 Å². The summed E-state index contributed by atoms with van der Waals surface area (Å²) >= 11 is 1.34. The van der Waals surface area contributed by atoms with E-state index in [0.29, 0.717) is 42.8 Å². The Morgan fingerprint density at radius 1 is 1.13 bits per heavy atom. The third-order valence-corrected chi connectivity index (χ3v) is 8.60. The van der Waals surface area contributed by atoms with Gasteiger partial charge < -0.3 is 19.4 Å². The standard InChI is InChI=1S/C26H27N5O5S2/c1-15-12-20-21(13-19(15)17-4-6-18(7-5-17)26(33)31-8-10-35-11-9-31)37-25(28-20)23(38(3)34)24(32)27-14-22-30-29-16(2)36-22/h4-7,12-13,23H,8-11,14H2,1-3H3,(H,27,32). The molecule has 3 heterocycles. The van der Waals surface area contributed by atoms with E-state index in [-0.39, 0.29) is 18.3 Å². The predicted octanol–water partition coefficient (Wildman–Crippen LogP) is 3.17. The number of carbonyl (C=O) groups excluding carboxylic acids is 2. The van der Waals surface area contributed by atoms with Gasteiger partial charge in [0.25, 0.3) is 5.91 Å². The minimum atomic E-state index is -1.49. The lowest BCUT2D eigenvalue weighted by Crippen LogP contribution is -2.40. The van der Waals surface area contributed by atoms with Gasteiger partial charge >= 0.3 is 0 Å². The fourth-order valence-corrected chi connectivity index (χ4v) is 6.57. The molecule has 2 amide bonds. The van der Waals surface area contributed by atoms with Crippen LogP contribution in [0.1, 0.15) is 38.0 Å². The van der Waals surface area contributed by atoms with Crippen molar-refractivity contribution in [3.05, 3.63) is 64.3 Å². The van der Waals surface area contributed by atoms with Gasteiger partial charge in [0.05, 0.1) is 30.0 Å². The topological polar surface area (TPSA) is 128 Å². The van der Waals surface area contributed by atoms with E-state index >= 15 is 0 Å². The molecule has 0 radical (unpaired) electrons. The van der Waals surface area contributed by atoms with Gasteiger partial charge in [-0.15, -0.1) is 21.5 Å². The number of hydrogen-bond acceptors (Lipinski definition) is 9. The number of aromatic nitrogens is 3. The predicted molar refractivity (Wildman–Crippen MR) is 144 cm³/mol. The summed E-state index contributed by atoms with van der Waals surface area (Å²) in [5, 5.41) is 9.89. The Hall–Kier alpha value is -3.48. The van der Waals surface area contributed by atoms with Crippen molar-refractivity contribution in [1.29, 1.82) is 0 Å². The fraction of sp³-hybridized carbons (Fsp3) is 0.346. The zero-order valence-corrected chi connectivity index (χ0v) is 22.9. The number of aryl methyl sites for hydroxylation is 2. The average molecular weight is 554 g/mol. The Morgan fingerprint density at radius 3 is 2.53 bits per heavy atom. The van der Waals surface area contributed by atoms with Gasteiger partial charge in [0.1, 0.15) is 5.01 Å². The first-order chi connectivity index (χ1) is 18.3. The summed E-state index contributed by atoms with van der Waals surface area (Å²) in [4.78, 5) is 32.2. The third kappa shape index (κ3) is 5.52. The fourth-order valence-electron chi connectivity index (χ4n) is 4.33. The molecule has 10 nitrogen and oxygen atoms in total. The zero-order chi connectivity index (χ0) is 26.8. The molecule has 2 atom stereocenters. The molecule has 0 aliphatic carbocycles. The first-order valence-corrected chi connectivity index (χ1v) is 14.5. The van der Waals surface area contributed by atoms with E-state index in [0.717, 1.165) is 26.9 Å². The monoisotopic (exact) mass is 553 g/mol. The Balaban J connectivity index is 1.37. The van der Waals surface area contributed by atoms with E-state index < -0.39 is 22.0 Å². The van der Waals surface area contributed by atoms with Crippen LogP contribution in [0.3, 0.4) is 0 Å². The van der Waals surface area contributed by atoms with Crippen molar-refractivity contribution in [2.45, 2.75) is 25.6 Å². The zero-order valence-electron chi connectivity index (χ0n) is 21.2. The largest absolute Gasteiger partial charge is 0.424 e. The van der Waals surface area contributed by atoms with E-state index in [1.165, 1.54) is 17.6 Å². The molecule has 12 heteroatoms. The Morgan fingerprint density at radius 2 is 1.87 bits per heavy atom. The summed E-state index contributed by atoms with van der Waals surface area (Å²) in [6.07, 6.45) is 1.49. The number of nitrogens with one attached hydrogen (secondary N) is 1. The number of thiazole rings is 1. The molecule has 1 aliphatic heterocycles. The second-order valence-corrected chi connectivity index (χ2v) is 11.5. The molecule has 0 saturated carbocycles. The lowest BCUT2D eigenvalue weighted by atomic mass is 9.99. The lowest BCUT2D eigenvalue weighted by Gasteiger charge is -2.26. The van der Waals surface area contributed by atoms with Gasteiger partial charge in [0, 0.05) is 42.6 Å². The van der Waals surface area contributed by atoms with E-state index in [4.69, 9.17) is 9.15 Å². The Labute approximate surface area is 225 Å². The van der Waals surface area contributed by atoms with Gasteiger partial charge in [0.2, 0.25) is 17.7 Å². The quantitative estimate of drug-likeness (QED) is 0.370. The van der Waals surface area contributed by atoms with E-state index in [1.54, 1.807) is 6.92 Å². The SMILES string of the molecule is Cc1nnc(CNC(=O)C(c2nc3cc(C)c(-c4ccc(C(=O)N5CCOCC5)cc4)cc3s2)S(C)=O)o1. The highest BCUT2D eigenvalue weighted by atomic mass is 32.2. The molecule has 5 rings (SSSR count). The van der Waals surface area contributed by atoms with Gasteiger partial charge in [-0.3, -0.25) is 13.8 Å². The van der Waals surface area contributed by atoms with Gasteiger partial charge in [-0.1, -0.05) is 12.1 Å². The molecule has 0 bridgehead atoms. The first-order valence-electron chi connectivity index (χ1n) is 12.1. The maximum Gasteiger partial charge on any atom is 0.254 e. The maximum atomic E-state index is 12.9. The van der Waals surface area contributed by atoms with Gasteiger partial charge in [-0.25, -0.2) is 4.98 Å². The van der Waals surface area contributed by atoms with Crippen LogP contribution in [-0.2, 0) is 26.9 Å². The molecule has 0 spiro atoms. The second kappa shape index (κ2) is 11.1. The smallest absolute Gasteiger partial charge is 0.254 e. The lowest BCUT2D eigenvalue weighted by molar-refractivity contribution is -0.121. The number of nitrogens with zero attached hydrogens (tertiary/aromatic N) is 4. The summed E-state index contributed by atoms with van der Waals surface area (Å²) in [7, 11) is -1.49. The maximum absolute atomic E-state index is 12.9. The molecule has 1 saturated heterocycles. The van der Waals surface area contributed by atoms with E-state index in [2.05, 4.69) is 20.5 Å². The molecule has 2 aromatic heterocycles. The molecular weight excluding hydrogens is 526 g/mol.